The Balaban J connectivity index is 3.06. The van der Waals surface area contributed by atoms with Gasteiger partial charge in [0.2, 0.25) is 0 Å². The molecule has 1 aromatic rings. The van der Waals surface area contributed by atoms with Crippen LogP contribution >= 0.6 is 11.6 Å². The van der Waals surface area contributed by atoms with E-state index < -0.39 is 0 Å². The van der Waals surface area contributed by atoms with Gasteiger partial charge in [-0.1, -0.05) is 6.07 Å². The average Bonchev–Trinajstić information content (AvgIpc) is 1.85. The molecule has 1 rings (SSSR count). The molecule has 0 aliphatic heterocycles. The quantitative estimate of drug-likeness (QED) is 0.552. The summed E-state index contributed by atoms with van der Waals surface area (Å²) in [5.74, 6) is 0.161. The molecule has 0 N–H and O–H groups in total. The maximum absolute atomic E-state index is 12.6. The Bertz CT molecular complexity index is 212. The third kappa shape index (κ3) is 1.71. The van der Waals surface area contributed by atoms with E-state index >= 15 is 0 Å². The van der Waals surface area contributed by atoms with Crippen LogP contribution in [-0.2, 0) is 5.88 Å². The van der Waals surface area contributed by atoms with Crippen LogP contribution in [0.15, 0.2) is 18.2 Å². The van der Waals surface area contributed by atoms with Gasteiger partial charge in [-0.15, -0.1) is 11.6 Å². The number of alkyl halides is 1. The molecule has 0 saturated heterocycles. The second-order valence-corrected chi connectivity index (χ2v) is 2.54. The van der Waals surface area contributed by atoms with Gasteiger partial charge in [-0.2, -0.15) is 0 Å². The molecule has 0 nitrogen and oxygen atoms in total. The molecule has 0 fully saturated rings. The first-order valence-electron chi connectivity index (χ1n) is 3.04. The number of benzene rings is 1. The zero-order chi connectivity index (χ0) is 7.56. The normalized spacial score (nSPS) is 9.90. The summed E-state index contributed by atoms with van der Waals surface area (Å²) >= 11 is 5.50. The van der Waals surface area contributed by atoms with Crippen LogP contribution in [0, 0.1) is 12.7 Å². The predicted octanol–water partition coefficient (Wildman–Crippen LogP) is 2.87. The Morgan fingerprint density at radius 3 is 2.60 bits per heavy atom. The second kappa shape index (κ2) is 3.02. The monoisotopic (exact) mass is 158 g/mol. The molecule has 0 radical (unpaired) electrons. The lowest BCUT2D eigenvalue weighted by atomic mass is 10.1. The minimum absolute atomic E-state index is 0.212. The molecule has 0 bridgehead atoms. The largest absolute Gasteiger partial charge is 0.207 e. The van der Waals surface area contributed by atoms with Gasteiger partial charge in [0.05, 0.1) is 0 Å². The van der Waals surface area contributed by atoms with Crippen LogP contribution in [0.3, 0.4) is 0 Å². The Morgan fingerprint density at radius 2 is 2.10 bits per heavy atom. The van der Waals surface area contributed by atoms with Crippen LogP contribution in [0.1, 0.15) is 11.1 Å². The highest BCUT2D eigenvalue weighted by Gasteiger charge is 1.94. The smallest absolute Gasteiger partial charge is 0.123 e. The van der Waals surface area contributed by atoms with E-state index in [0.717, 1.165) is 11.1 Å². The lowest BCUT2D eigenvalue weighted by Gasteiger charge is -1.96. The van der Waals surface area contributed by atoms with Crippen molar-refractivity contribution in [2.75, 3.05) is 0 Å². The van der Waals surface area contributed by atoms with Gasteiger partial charge in [-0.3, -0.25) is 0 Å². The molecule has 0 atom stereocenters. The van der Waals surface area contributed by atoms with Gasteiger partial charge in [0.15, 0.2) is 0 Å². The Morgan fingerprint density at radius 1 is 1.40 bits per heavy atom. The number of halogens is 2. The van der Waals surface area contributed by atoms with Crippen molar-refractivity contribution in [3.05, 3.63) is 35.1 Å². The molecule has 0 spiro atoms. The van der Waals surface area contributed by atoms with Crippen molar-refractivity contribution in [2.45, 2.75) is 12.8 Å². The molecule has 0 amide bonds. The van der Waals surface area contributed by atoms with E-state index in [0.29, 0.717) is 5.88 Å². The van der Waals surface area contributed by atoms with Crippen molar-refractivity contribution < 1.29 is 4.39 Å². The van der Waals surface area contributed by atoms with E-state index in [1.165, 1.54) is 12.1 Å². The first-order valence-corrected chi connectivity index (χ1v) is 3.58. The van der Waals surface area contributed by atoms with Crippen LogP contribution in [0.5, 0.6) is 0 Å². The van der Waals surface area contributed by atoms with Crippen molar-refractivity contribution in [2.24, 2.45) is 0 Å². The van der Waals surface area contributed by atoms with Gasteiger partial charge in [0, 0.05) is 5.88 Å². The summed E-state index contributed by atoms with van der Waals surface area (Å²) in [7, 11) is 0. The molecular weight excluding hydrogens is 151 g/mol. The van der Waals surface area contributed by atoms with E-state index in [4.69, 9.17) is 11.6 Å². The first kappa shape index (κ1) is 7.55. The molecular formula is C8H8ClF. The van der Waals surface area contributed by atoms with E-state index in [1.54, 1.807) is 0 Å². The zero-order valence-electron chi connectivity index (χ0n) is 5.70. The van der Waals surface area contributed by atoms with E-state index in [2.05, 4.69) is 0 Å². The first-order chi connectivity index (χ1) is 4.72. The van der Waals surface area contributed by atoms with Gasteiger partial charge in [0.25, 0.3) is 0 Å². The van der Waals surface area contributed by atoms with Gasteiger partial charge in [0.1, 0.15) is 5.82 Å². The number of aryl methyl sites for hydroxylation is 1. The summed E-state index contributed by atoms with van der Waals surface area (Å²) in [5.41, 5.74) is 1.75. The third-order valence-electron chi connectivity index (χ3n) is 1.26. The fourth-order valence-electron chi connectivity index (χ4n) is 0.889. The maximum Gasteiger partial charge on any atom is 0.123 e. The molecule has 2 heteroatoms. The Hall–Kier alpha value is -0.560. The number of rotatable bonds is 1. The van der Waals surface area contributed by atoms with Crippen LogP contribution in [0.4, 0.5) is 4.39 Å². The zero-order valence-corrected chi connectivity index (χ0v) is 6.45. The molecule has 1 aromatic carbocycles. The average molecular weight is 159 g/mol. The van der Waals surface area contributed by atoms with Crippen LogP contribution in [0.2, 0.25) is 0 Å². The van der Waals surface area contributed by atoms with E-state index in [-0.39, 0.29) is 5.82 Å². The highest BCUT2D eigenvalue weighted by Crippen LogP contribution is 2.09. The molecule has 10 heavy (non-hydrogen) atoms. The summed E-state index contributed by atoms with van der Waals surface area (Å²) in [6.07, 6.45) is 0. The van der Waals surface area contributed by atoms with Crippen LogP contribution in [0.25, 0.3) is 0 Å². The topological polar surface area (TPSA) is 0 Å². The summed E-state index contributed by atoms with van der Waals surface area (Å²) in [4.78, 5) is 0. The molecule has 0 aliphatic rings. The molecule has 0 saturated carbocycles. The Kier molecular flexibility index (Phi) is 2.28. The van der Waals surface area contributed by atoms with Crippen molar-refractivity contribution in [1.29, 1.82) is 0 Å². The van der Waals surface area contributed by atoms with Crippen LogP contribution in [-0.4, -0.2) is 0 Å². The summed E-state index contributed by atoms with van der Waals surface area (Å²) in [6, 6.07) is 4.80. The van der Waals surface area contributed by atoms with Crippen molar-refractivity contribution in [1.82, 2.24) is 0 Å². The lowest BCUT2D eigenvalue weighted by molar-refractivity contribution is 0.625. The fraction of sp³-hybridized carbons (Fsp3) is 0.250. The highest BCUT2D eigenvalue weighted by atomic mass is 35.5. The van der Waals surface area contributed by atoms with Crippen molar-refractivity contribution in [3.63, 3.8) is 0 Å². The molecule has 0 unspecified atom stereocenters. The van der Waals surface area contributed by atoms with Crippen molar-refractivity contribution in [3.8, 4) is 0 Å². The highest BCUT2D eigenvalue weighted by molar-refractivity contribution is 6.17. The SMILES string of the molecule is Cc1cc(F)cc(CCl)c1. The Labute approximate surface area is 64.6 Å². The van der Waals surface area contributed by atoms with Crippen molar-refractivity contribution >= 4 is 11.6 Å². The minimum atomic E-state index is -0.212. The molecule has 0 aliphatic carbocycles. The molecule has 54 valence electrons. The fourth-order valence-corrected chi connectivity index (χ4v) is 1.04. The second-order valence-electron chi connectivity index (χ2n) is 2.27. The third-order valence-corrected chi connectivity index (χ3v) is 1.56. The summed E-state index contributed by atoms with van der Waals surface area (Å²) in [6.45, 7) is 1.85. The summed E-state index contributed by atoms with van der Waals surface area (Å²) in [5, 5.41) is 0. The van der Waals surface area contributed by atoms with Gasteiger partial charge in [-0.25, -0.2) is 4.39 Å². The standard InChI is InChI=1S/C8H8ClF/c1-6-2-7(5-9)4-8(10)3-6/h2-4H,5H2,1H3. The number of hydrogen-bond acceptors (Lipinski definition) is 0. The summed E-state index contributed by atoms with van der Waals surface area (Å²) < 4.78 is 12.6. The lowest BCUT2D eigenvalue weighted by Crippen LogP contribution is -1.82. The van der Waals surface area contributed by atoms with Crippen LogP contribution < -0.4 is 0 Å². The molecule has 0 heterocycles. The van der Waals surface area contributed by atoms with Gasteiger partial charge in [-0.05, 0) is 30.2 Å². The number of hydrogen-bond donors (Lipinski definition) is 0. The van der Waals surface area contributed by atoms with E-state index in [1.807, 2.05) is 13.0 Å². The van der Waals surface area contributed by atoms with Gasteiger partial charge < -0.3 is 0 Å². The minimum Gasteiger partial charge on any atom is -0.207 e. The maximum atomic E-state index is 12.6. The van der Waals surface area contributed by atoms with Gasteiger partial charge >= 0.3 is 0 Å². The predicted molar refractivity (Wildman–Crippen MR) is 40.7 cm³/mol. The van der Waals surface area contributed by atoms with E-state index in [9.17, 15) is 4.39 Å². The molecule has 0 aromatic heterocycles.